The van der Waals surface area contributed by atoms with E-state index in [1.165, 1.54) is 7.05 Å². The fourth-order valence-electron chi connectivity index (χ4n) is 2.13. The lowest BCUT2D eigenvalue weighted by Gasteiger charge is -2.38. The van der Waals surface area contributed by atoms with Crippen LogP contribution in [-0.2, 0) is 14.8 Å². The summed E-state index contributed by atoms with van der Waals surface area (Å²) in [6, 6.07) is -0.167. The van der Waals surface area contributed by atoms with Crippen LogP contribution in [0.3, 0.4) is 0 Å². The predicted octanol–water partition coefficient (Wildman–Crippen LogP) is -0.314. The van der Waals surface area contributed by atoms with Gasteiger partial charge < -0.3 is 10.6 Å². The minimum Gasteiger partial charge on any atom is -0.337 e. The first-order valence-corrected chi connectivity index (χ1v) is 7.49. The van der Waals surface area contributed by atoms with Crippen molar-refractivity contribution in [1.82, 2.24) is 9.62 Å². The number of nitrogens with one attached hydrogen (secondary N) is 1. The summed E-state index contributed by atoms with van der Waals surface area (Å²) in [6.45, 7) is 2.45. The molecule has 0 bridgehead atoms. The highest BCUT2D eigenvalue weighted by molar-refractivity contribution is 7.90. The molecule has 18 heavy (non-hydrogen) atoms. The first-order chi connectivity index (χ1) is 7.87. The van der Waals surface area contributed by atoms with Crippen LogP contribution in [0.25, 0.3) is 0 Å². The average molecular weight is 300 g/mol. The number of nitrogens with two attached hydrogens (primary N) is 1. The lowest BCUT2D eigenvalue weighted by atomic mass is 9.97. The number of carbonyl (C=O) groups excluding carboxylic acids is 1. The standard InChI is InChI=1S/C10H21N3O3S.ClH/c1-8(11)9-5-3-4-6-13(9)10(14)7-17(15,16)12-2;/h8-9,12H,3-7,11H2,1-2H3;1H. The van der Waals surface area contributed by atoms with Crippen molar-refractivity contribution < 1.29 is 13.2 Å². The Morgan fingerprint density at radius 1 is 1.50 bits per heavy atom. The Bertz CT molecular complexity index is 373. The lowest BCUT2D eigenvalue weighted by molar-refractivity contribution is -0.132. The smallest absolute Gasteiger partial charge is 0.239 e. The predicted molar refractivity (Wildman–Crippen MR) is 73.1 cm³/mol. The summed E-state index contributed by atoms with van der Waals surface area (Å²) >= 11 is 0. The highest BCUT2D eigenvalue weighted by Crippen LogP contribution is 2.19. The van der Waals surface area contributed by atoms with Crippen molar-refractivity contribution in [3.8, 4) is 0 Å². The van der Waals surface area contributed by atoms with Crippen molar-refractivity contribution in [3.05, 3.63) is 0 Å². The Balaban J connectivity index is 0.00000289. The molecule has 1 heterocycles. The quantitative estimate of drug-likeness (QED) is 0.744. The van der Waals surface area contributed by atoms with Crippen molar-refractivity contribution in [2.75, 3.05) is 19.3 Å². The first-order valence-electron chi connectivity index (χ1n) is 5.83. The highest BCUT2D eigenvalue weighted by atomic mass is 35.5. The summed E-state index contributed by atoms with van der Waals surface area (Å²) in [5.41, 5.74) is 5.83. The molecule has 0 aromatic carbocycles. The van der Waals surface area contributed by atoms with Gasteiger partial charge in [0.15, 0.2) is 0 Å². The van der Waals surface area contributed by atoms with Gasteiger partial charge in [-0.25, -0.2) is 13.1 Å². The number of sulfonamides is 1. The third-order valence-corrected chi connectivity index (χ3v) is 4.35. The highest BCUT2D eigenvalue weighted by Gasteiger charge is 2.31. The van der Waals surface area contributed by atoms with E-state index >= 15 is 0 Å². The van der Waals surface area contributed by atoms with Gasteiger partial charge in [-0.05, 0) is 33.2 Å². The zero-order chi connectivity index (χ0) is 13.1. The Morgan fingerprint density at radius 3 is 2.61 bits per heavy atom. The van der Waals surface area contributed by atoms with Crippen LogP contribution in [0.15, 0.2) is 0 Å². The van der Waals surface area contributed by atoms with Crippen molar-refractivity contribution in [2.24, 2.45) is 5.73 Å². The van der Waals surface area contributed by atoms with Gasteiger partial charge >= 0.3 is 0 Å². The topological polar surface area (TPSA) is 92.5 Å². The SMILES string of the molecule is CNS(=O)(=O)CC(=O)N1CCCCC1C(C)N.Cl. The molecule has 1 aliphatic heterocycles. The molecule has 1 aliphatic rings. The van der Waals surface area contributed by atoms with E-state index in [0.29, 0.717) is 6.54 Å². The molecule has 0 saturated carbocycles. The number of piperidine rings is 1. The van der Waals surface area contributed by atoms with Crippen LogP contribution in [0.1, 0.15) is 26.2 Å². The molecular formula is C10H22ClN3O3S. The van der Waals surface area contributed by atoms with Gasteiger partial charge in [0.25, 0.3) is 0 Å². The summed E-state index contributed by atoms with van der Waals surface area (Å²) in [6.07, 6.45) is 2.80. The molecule has 1 rings (SSSR count). The van der Waals surface area contributed by atoms with Crippen molar-refractivity contribution >= 4 is 28.3 Å². The first kappa shape index (κ1) is 17.6. The molecule has 0 spiro atoms. The monoisotopic (exact) mass is 299 g/mol. The van der Waals surface area contributed by atoms with Crippen LogP contribution >= 0.6 is 12.4 Å². The number of hydrogen-bond donors (Lipinski definition) is 2. The zero-order valence-corrected chi connectivity index (χ0v) is 12.4. The third-order valence-electron chi connectivity index (χ3n) is 3.10. The van der Waals surface area contributed by atoms with E-state index in [4.69, 9.17) is 5.73 Å². The summed E-state index contributed by atoms with van der Waals surface area (Å²) in [5.74, 6) is -0.853. The van der Waals surface area contributed by atoms with Gasteiger partial charge in [0.05, 0.1) is 0 Å². The van der Waals surface area contributed by atoms with Gasteiger partial charge in [0.1, 0.15) is 5.75 Å². The van der Waals surface area contributed by atoms with Crippen molar-refractivity contribution in [1.29, 1.82) is 0 Å². The zero-order valence-electron chi connectivity index (χ0n) is 10.8. The van der Waals surface area contributed by atoms with Crippen LogP contribution in [0, 0.1) is 0 Å². The summed E-state index contributed by atoms with van der Waals surface area (Å²) < 4.78 is 24.8. The Hall–Kier alpha value is -0.370. The molecule has 1 amide bonds. The van der Waals surface area contributed by atoms with Gasteiger partial charge in [0, 0.05) is 18.6 Å². The number of amides is 1. The number of rotatable bonds is 4. The summed E-state index contributed by atoms with van der Waals surface area (Å²) in [5, 5.41) is 0. The Morgan fingerprint density at radius 2 is 2.11 bits per heavy atom. The maximum atomic E-state index is 11.9. The van der Waals surface area contributed by atoms with E-state index in [0.717, 1.165) is 19.3 Å². The van der Waals surface area contributed by atoms with E-state index in [2.05, 4.69) is 4.72 Å². The number of halogens is 1. The maximum Gasteiger partial charge on any atom is 0.239 e. The minimum atomic E-state index is -3.50. The largest absolute Gasteiger partial charge is 0.337 e. The normalized spacial score (nSPS) is 22.2. The van der Waals surface area contributed by atoms with E-state index in [1.54, 1.807) is 4.90 Å². The molecule has 1 fully saturated rings. The van der Waals surface area contributed by atoms with Gasteiger partial charge in [-0.3, -0.25) is 4.79 Å². The summed E-state index contributed by atoms with van der Waals surface area (Å²) in [7, 11) is -2.19. The average Bonchev–Trinajstić information content (AvgIpc) is 2.28. The van der Waals surface area contributed by atoms with Crippen LogP contribution in [0.2, 0.25) is 0 Å². The van der Waals surface area contributed by atoms with Gasteiger partial charge in [-0.1, -0.05) is 0 Å². The van der Waals surface area contributed by atoms with Crippen LogP contribution in [0.5, 0.6) is 0 Å². The molecule has 3 N–H and O–H groups in total. The number of carbonyl (C=O) groups is 1. The van der Waals surface area contributed by atoms with E-state index in [-0.39, 0.29) is 30.4 Å². The molecule has 0 radical (unpaired) electrons. The third kappa shape index (κ3) is 4.72. The van der Waals surface area contributed by atoms with E-state index in [9.17, 15) is 13.2 Å². The Kier molecular flexibility index (Phi) is 7.13. The molecule has 0 aromatic rings. The molecule has 108 valence electrons. The molecule has 1 saturated heterocycles. The minimum absolute atomic E-state index is 0. The number of nitrogens with zero attached hydrogens (tertiary/aromatic N) is 1. The molecular weight excluding hydrogens is 278 g/mol. The molecule has 2 unspecified atom stereocenters. The van der Waals surface area contributed by atoms with Gasteiger partial charge in [0.2, 0.25) is 15.9 Å². The number of likely N-dealkylation sites (tertiary alicyclic amines) is 1. The molecule has 0 aliphatic carbocycles. The van der Waals surface area contributed by atoms with Gasteiger partial charge in [-0.15, -0.1) is 12.4 Å². The van der Waals surface area contributed by atoms with Crippen molar-refractivity contribution in [2.45, 2.75) is 38.3 Å². The molecule has 6 nitrogen and oxygen atoms in total. The maximum absolute atomic E-state index is 11.9. The molecule has 8 heteroatoms. The van der Waals surface area contributed by atoms with Crippen LogP contribution in [-0.4, -0.2) is 50.7 Å². The van der Waals surface area contributed by atoms with Crippen LogP contribution in [0.4, 0.5) is 0 Å². The van der Waals surface area contributed by atoms with Gasteiger partial charge in [-0.2, -0.15) is 0 Å². The fraction of sp³-hybridized carbons (Fsp3) is 0.900. The summed E-state index contributed by atoms with van der Waals surface area (Å²) in [4.78, 5) is 13.6. The van der Waals surface area contributed by atoms with Crippen LogP contribution < -0.4 is 10.5 Å². The van der Waals surface area contributed by atoms with E-state index in [1.807, 2.05) is 6.92 Å². The van der Waals surface area contributed by atoms with Crippen molar-refractivity contribution in [3.63, 3.8) is 0 Å². The molecule has 2 atom stereocenters. The second kappa shape index (κ2) is 7.28. The fourth-order valence-corrected chi connectivity index (χ4v) is 2.77. The number of hydrogen-bond acceptors (Lipinski definition) is 4. The lowest BCUT2D eigenvalue weighted by Crippen LogP contribution is -2.53. The second-order valence-electron chi connectivity index (χ2n) is 4.47. The molecule has 0 aromatic heterocycles. The Labute approximate surface area is 115 Å². The van der Waals surface area contributed by atoms with E-state index < -0.39 is 15.8 Å². The second-order valence-corrected chi connectivity index (χ2v) is 6.40.